The molecule has 0 saturated carbocycles. The topological polar surface area (TPSA) is 53.5 Å². The van der Waals surface area contributed by atoms with Gasteiger partial charge in [0.1, 0.15) is 11.9 Å². The molecule has 1 aromatic rings. The Labute approximate surface area is 115 Å². The molecule has 4 nitrogen and oxygen atoms in total. The Morgan fingerprint density at radius 1 is 1.53 bits per heavy atom. The second kappa shape index (κ2) is 6.78. The first kappa shape index (κ1) is 14.2. The van der Waals surface area contributed by atoms with E-state index in [9.17, 15) is 0 Å². The minimum Gasteiger partial charge on any atom is -0.486 e. The number of aliphatic hydroxyl groups excluding tert-OH is 1. The molecule has 0 aliphatic carbocycles. The molecule has 0 radical (unpaired) electrons. The molecule has 0 saturated heterocycles. The van der Waals surface area contributed by atoms with Gasteiger partial charge in [0.2, 0.25) is 0 Å². The summed E-state index contributed by atoms with van der Waals surface area (Å²) in [7, 11) is 0. The lowest BCUT2D eigenvalue weighted by molar-refractivity contribution is 0.202. The number of ether oxygens (including phenoxy) is 1. The number of aliphatic hydroxyl groups is 1. The summed E-state index contributed by atoms with van der Waals surface area (Å²) in [4.78, 5) is 0. The van der Waals surface area contributed by atoms with Gasteiger partial charge in [-0.2, -0.15) is 0 Å². The summed E-state index contributed by atoms with van der Waals surface area (Å²) in [6, 6.07) is 6.70. The van der Waals surface area contributed by atoms with Crippen molar-refractivity contribution in [1.29, 1.82) is 0 Å². The summed E-state index contributed by atoms with van der Waals surface area (Å²) in [6.45, 7) is 5.98. The van der Waals surface area contributed by atoms with E-state index >= 15 is 0 Å². The van der Waals surface area contributed by atoms with Crippen LogP contribution in [0.3, 0.4) is 0 Å². The highest BCUT2D eigenvalue weighted by Gasteiger charge is 2.17. The number of benzene rings is 1. The van der Waals surface area contributed by atoms with Crippen molar-refractivity contribution in [2.24, 2.45) is 0 Å². The molecule has 0 amide bonds. The molecular weight excluding hydrogens is 240 g/mol. The minimum absolute atomic E-state index is 0.183. The van der Waals surface area contributed by atoms with Crippen molar-refractivity contribution in [2.45, 2.75) is 38.8 Å². The van der Waals surface area contributed by atoms with Gasteiger partial charge in [-0.15, -0.1) is 0 Å². The van der Waals surface area contributed by atoms with Crippen LogP contribution in [-0.4, -0.2) is 36.9 Å². The van der Waals surface area contributed by atoms with Crippen molar-refractivity contribution in [2.75, 3.05) is 25.0 Å². The number of hydrogen-bond acceptors (Lipinski definition) is 4. The third-order valence-corrected chi connectivity index (χ3v) is 3.46. The van der Waals surface area contributed by atoms with Gasteiger partial charge in [-0.25, -0.2) is 0 Å². The van der Waals surface area contributed by atoms with Crippen LogP contribution < -0.4 is 15.4 Å². The Hall–Kier alpha value is -1.26. The normalized spacial score (nSPS) is 19.2. The number of nitrogens with one attached hydrogen (secondary N) is 2. The zero-order valence-electron chi connectivity index (χ0n) is 11.8. The Morgan fingerprint density at radius 3 is 3.11 bits per heavy atom. The first-order valence-electron chi connectivity index (χ1n) is 7.10. The van der Waals surface area contributed by atoms with Gasteiger partial charge in [0.15, 0.2) is 0 Å². The van der Waals surface area contributed by atoms with Gasteiger partial charge in [-0.3, -0.25) is 0 Å². The average molecular weight is 264 g/mol. The summed E-state index contributed by atoms with van der Waals surface area (Å²) < 4.78 is 5.89. The van der Waals surface area contributed by atoms with Crippen LogP contribution >= 0.6 is 0 Å². The molecule has 2 rings (SSSR count). The fourth-order valence-corrected chi connectivity index (χ4v) is 2.35. The van der Waals surface area contributed by atoms with Crippen LogP contribution in [0.25, 0.3) is 0 Å². The Morgan fingerprint density at radius 2 is 2.37 bits per heavy atom. The van der Waals surface area contributed by atoms with E-state index in [1.54, 1.807) is 0 Å². The highest BCUT2D eigenvalue weighted by molar-refractivity contribution is 5.59. The first-order valence-corrected chi connectivity index (χ1v) is 7.10. The summed E-state index contributed by atoms with van der Waals surface area (Å²) in [5.41, 5.74) is 2.37. The van der Waals surface area contributed by atoms with E-state index in [0.717, 1.165) is 30.8 Å². The molecule has 0 bridgehead atoms. The number of rotatable bonds is 6. The summed E-state index contributed by atoms with van der Waals surface area (Å²) in [6.07, 6.45) is 2.26. The van der Waals surface area contributed by atoms with Crippen molar-refractivity contribution in [3.05, 3.63) is 23.8 Å². The van der Waals surface area contributed by atoms with Gasteiger partial charge in [0, 0.05) is 12.6 Å². The van der Waals surface area contributed by atoms with Crippen LogP contribution in [-0.2, 0) is 6.42 Å². The molecule has 1 aliphatic rings. The van der Waals surface area contributed by atoms with Crippen LogP contribution in [0, 0.1) is 0 Å². The van der Waals surface area contributed by atoms with E-state index in [2.05, 4.69) is 42.7 Å². The fraction of sp³-hybridized carbons (Fsp3) is 0.600. The maximum atomic E-state index is 8.80. The summed E-state index contributed by atoms with van der Waals surface area (Å²) >= 11 is 0. The number of fused-ring (bicyclic) bond motifs is 1. The molecule has 0 fully saturated rings. The summed E-state index contributed by atoms with van der Waals surface area (Å²) in [5, 5.41) is 15.5. The molecular formula is C15H24N2O2. The van der Waals surface area contributed by atoms with Crippen LogP contribution in [0.2, 0.25) is 0 Å². The zero-order chi connectivity index (χ0) is 13.7. The predicted octanol–water partition coefficient (Wildman–Crippen LogP) is 1.78. The third kappa shape index (κ3) is 3.85. The molecule has 0 spiro atoms. The number of hydrogen-bond donors (Lipinski definition) is 3. The standard InChI is InChI=1S/C15H24N2O2/c1-3-13-10-17-14-9-12(4-5-15(14)19-13)8-11(2)16-6-7-18/h4-5,9,11,13,16-18H,3,6-8,10H2,1-2H3. The molecule has 106 valence electrons. The van der Waals surface area contributed by atoms with Gasteiger partial charge in [-0.05, 0) is 37.5 Å². The SMILES string of the molecule is CCC1CNc2cc(CC(C)NCCO)ccc2O1. The van der Waals surface area contributed by atoms with Crippen LogP contribution in [0.4, 0.5) is 5.69 Å². The third-order valence-electron chi connectivity index (χ3n) is 3.46. The van der Waals surface area contributed by atoms with Gasteiger partial charge in [0.25, 0.3) is 0 Å². The van der Waals surface area contributed by atoms with Gasteiger partial charge < -0.3 is 20.5 Å². The fourth-order valence-electron chi connectivity index (χ4n) is 2.35. The van der Waals surface area contributed by atoms with E-state index in [-0.39, 0.29) is 12.7 Å². The molecule has 2 atom stereocenters. The van der Waals surface area contributed by atoms with E-state index in [1.165, 1.54) is 5.56 Å². The first-order chi connectivity index (χ1) is 9.22. The molecule has 2 unspecified atom stereocenters. The molecule has 1 heterocycles. The molecule has 1 aliphatic heterocycles. The van der Waals surface area contributed by atoms with E-state index in [1.807, 2.05) is 0 Å². The smallest absolute Gasteiger partial charge is 0.142 e. The lowest BCUT2D eigenvalue weighted by Crippen LogP contribution is -2.31. The highest BCUT2D eigenvalue weighted by atomic mass is 16.5. The molecule has 19 heavy (non-hydrogen) atoms. The Kier molecular flexibility index (Phi) is 5.05. The van der Waals surface area contributed by atoms with Crippen molar-refractivity contribution in [3.63, 3.8) is 0 Å². The van der Waals surface area contributed by atoms with Crippen molar-refractivity contribution >= 4 is 5.69 Å². The lowest BCUT2D eigenvalue weighted by Gasteiger charge is -2.27. The molecule has 0 aromatic heterocycles. The molecule has 3 N–H and O–H groups in total. The van der Waals surface area contributed by atoms with Gasteiger partial charge in [-0.1, -0.05) is 13.0 Å². The van der Waals surface area contributed by atoms with E-state index < -0.39 is 0 Å². The summed E-state index contributed by atoms with van der Waals surface area (Å²) in [5.74, 6) is 0.956. The van der Waals surface area contributed by atoms with Crippen molar-refractivity contribution in [1.82, 2.24) is 5.32 Å². The Balaban J connectivity index is 1.97. The van der Waals surface area contributed by atoms with E-state index in [0.29, 0.717) is 12.6 Å². The lowest BCUT2D eigenvalue weighted by atomic mass is 10.0. The van der Waals surface area contributed by atoms with Crippen molar-refractivity contribution < 1.29 is 9.84 Å². The molecule has 4 heteroatoms. The van der Waals surface area contributed by atoms with Crippen LogP contribution in [0.15, 0.2) is 18.2 Å². The highest BCUT2D eigenvalue weighted by Crippen LogP contribution is 2.30. The van der Waals surface area contributed by atoms with E-state index in [4.69, 9.17) is 9.84 Å². The predicted molar refractivity (Wildman–Crippen MR) is 77.9 cm³/mol. The second-order valence-corrected chi connectivity index (χ2v) is 5.14. The van der Waals surface area contributed by atoms with Crippen LogP contribution in [0.1, 0.15) is 25.8 Å². The zero-order valence-corrected chi connectivity index (χ0v) is 11.8. The second-order valence-electron chi connectivity index (χ2n) is 5.14. The van der Waals surface area contributed by atoms with Gasteiger partial charge in [0.05, 0.1) is 18.8 Å². The quantitative estimate of drug-likeness (QED) is 0.733. The maximum absolute atomic E-state index is 8.80. The molecule has 1 aromatic carbocycles. The minimum atomic E-state index is 0.183. The monoisotopic (exact) mass is 264 g/mol. The average Bonchev–Trinajstić information content (AvgIpc) is 2.44. The van der Waals surface area contributed by atoms with Crippen LogP contribution in [0.5, 0.6) is 5.75 Å². The maximum Gasteiger partial charge on any atom is 0.142 e. The Bertz CT molecular complexity index is 409. The largest absolute Gasteiger partial charge is 0.486 e. The van der Waals surface area contributed by atoms with Crippen molar-refractivity contribution in [3.8, 4) is 5.75 Å². The van der Waals surface area contributed by atoms with Gasteiger partial charge >= 0.3 is 0 Å². The number of anilines is 1.